The zero-order valence-corrected chi connectivity index (χ0v) is 9.75. The number of anilines is 1. The molecule has 0 amide bonds. The van der Waals surface area contributed by atoms with E-state index in [1.807, 2.05) is 6.92 Å². The SMILES string of the molecule is Cc1cc(CNc2nc(Cl)nnc2Cl)on1. The fraction of sp³-hybridized carbons (Fsp3) is 0.250. The van der Waals surface area contributed by atoms with E-state index in [9.17, 15) is 0 Å². The molecule has 16 heavy (non-hydrogen) atoms. The first-order valence-corrected chi connectivity index (χ1v) is 5.12. The number of nitrogens with one attached hydrogen (secondary N) is 1. The van der Waals surface area contributed by atoms with Crippen molar-refractivity contribution in [2.45, 2.75) is 13.5 Å². The van der Waals surface area contributed by atoms with E-state index in [1.54, 1.807) is 6.07 Å². The van der Waals surface area contributed by atoms with Crippen molar-refractivity contribution in [3.63, 3.8) is 0 Å². The van der Waals surface area contributed by atoms with Crippen LogP contribution in [0.5, 0.6) is 0 Å². The minimum Gasteiger partial charge on any atom is -0.360 e. The van der Waals surface area contributed by atoms with Crippen molar-refractivity contribution >= 4 is 29.0 Å². The van der Waals surface area contributed by atoms with Crippen molar-refractivity contribution in [2.24, 2.45) is 0 Å². The Balaban J connectivity index is 2.07. The Morgan fingerprint density at radius 1 is 1.38 bits per heavy atom. The molecule has 0 aliphatic heterocycles. The summed E-state index contributed by atoms with van der Waals surface area (Å²) in [6.07, 6.45) is 0. The molecule has 84 valence electrons. The van der Waals surface area contributed by atoms with Crippen LogP contribution < -0.4 is 5.32 Å². The summed E-state index contributed by atoms with van der Waals surface area (Å²) in [5.41, 5.74) is 0.807. The lowest BCUT2D eigenvalue weighted by atomic mass is 10.4. The van der Waals surface area contributed by atoms with Crippen molar-refractivity contribution < 1.29 is 4.52 Å². The van der Waals surface area contributed by atoms with Crippen LogP contribution in [0.3, 0.4) is 0 Å². The minimum absolute atomic E-state index is 0.0284. The summed E-state index contributed by atoms with van der Waals surface area (Å²) in [7, 11) is 0. The Hall–Kier alpha value is -1.40. The molecule has 8 heteroatoms. The highest BCUT2D eigenvalue weighted by Crippen LogP contribution is 2.17. The summed E-state index contributed by atoms with van der Waals surface area (Å²) >= 11 is 11.3. The molecule has 0 bridgehead atoms. The fourth-order valence-corrected chi connectivity index (χ4v) is 1.35. The van der Waals surface area contributed by atoms with Crippen molar-refractivity contribution in [3.8, 4) is 0 Å². The summed E-state index contributed by atoms with van der Waals surface area (Å²) in [5, 5.41) is 14.0. The normalized spacial score (nSPS) is 10.4. The number of nitrogens with zero attached hydrogens (tertiary/aromatic N) is 4. The molecular weight excluding hydrogens is 253 g/mol. The molecule has 0 aromatic carbocycles. The average molecular weight is 260 g/mol. The molecule has 0 unspecified atom stereocenters. The third-order valence-corrected chi connectivity index (χ3v) is 2.14. The zero-order valence-electron chi connectivity index (χ0n) is 8.24. The summed E-state index contributed by atoms with van der Waals surface area (Å²) in [6.45, 7) is 2.23. The van der Waals surface area contributed by atoms with Gasteiger partial charge in [-0.15, -0.1) is 10.2 Å². The lowest BCUT2D eigenvalue weighted by Gasteiger charge is -2.03. The molecule has 2 aromatic rings. The lowest BCUT2D eigenvalue weighted by Crippen LogP contribution is -2.03. The Labute approximate surface area is 101 Å². The second-order valence-corrected chi connectivity index (χ2v) is 3.70. The molecule has 1 N–H and O–H groups in total. The summed E-state index contributed by atoms with van der Waals surface area (Å²) in [6, 6.07) is 1.80. The summed E-state index contributed by atoms with van der Waals surface area (Å²) in [4.78, 5) is 3.88. The molecule has 0 atom stereocenters. The maximum absolute atomic E-state index is 5.76. The van der Waals surface area contributed by atoms with Crippen molar-refractivity contribution in [2.75, 3.05) is 5.32 Å². The third kappa shape index (κ3) is 2.59. The monoisotopic (exact) mass is 259 g/mol. The number of aryl methyl sites for hydroxylation is 1. The number of rotatable bonds is 3. The van der Waals surface area contributed by atoms with Gasteiger partial charge in [-0.1, -0.05) is 16.8 Å². The smallest absolute Gasteiger partial charge is 0.245 e. The second-order valence-electron chi connectivity index (χ2n) is 3.01. The van der Waals surface area contributed by atoms with E-state index in [4.69, 9.17) is 27.7 Å². The van der Waals surface area contributed by atoms with E-state index in [2.05, 4.69) is 25.7 Å². The van der Waals surface area contributed by atoms with E-state index >= 15 is 0 Å². The van der Waals surface area contributed by atoms with Gasteiger partial charge in [-0.25, -0.2) is 0 Å². The highest BCUT2D eigenvalue weighted by atomic mass is 35.5. The molecule has 2 rings (SSSR count). The Kier molecular flexibility index (Phi) is 3.21. The van der Waals surface area contributed by atoms with Gasteiger partial charge in [-0.2, -0.15) is 4.98 Å². The van der Waals surface area contributed by atoms with Gasteiger partial charge in [0.1, 0.15) is 0 Å². The van der Waals surface area contributed by atoms with Crippen LogP contribution >= 0.6 is 23.2 Å². The van der Waals surface area contributed by atoms with Crippen LogP contribution in [-0.4, -0.2) is 20.3 Å². The van der Waals surface area contributed by atoms with Gasteiger partial charge in [0.05, 0.1) is 12.2 Å². The van der Waals surface area contributed by atoms with Crippen molar-refractivity contribution in [1.29, 1.82) is 0 Å². The Morgan fingerprint density at radius 3 is 2.88 bits per heavy atom. The van der Waals surface area contributed by atoms with Crippen LogP contribution in [-0.2, 0) is 6.54 Å². The van der Waals surface area contributed by atoms with Gasteiger partial charge in [0.15, 0.2) is 16.7 Å². The topological polar surface area (TPSA) is 76.7 Å². The quantitative estimate of drug-likeness (QED) is 0.910. The predicted octanol–water partition coefficient (Wildman–Crippen LogP) is 2.09. The predicted molar refractivity (Wildman–Crippen MR) is 58.4 cm³/mol. The van der Waals surface area contributed by atoms with Crippen LogP contribution in [0.2, 0.25) is 10.4 Å². The van der Waals surface area contributed by atoms with E-state index in [0.29, 0.717) is 18.1 Å². The third-order valence-electron chi connectivity index (χ3n) is 1.73. The van der Waals surface area contributed by atoms with E-state index in [-0.39, 0.29) is 10.4 Å². The Bertz CT molecular complexity index is 501. The molecule has 6 nitrogen and oxygen atoms in total. The standard InChI is InChI=1S/C8H7Cl2N5O/c1-4-2-5(16-15-4)3-11-7-6(9)13-14-8(10)12-7/h2H,3H2,1H3,(H,11,12,14). The molecule has 0 saturated carbocycles. The first-order valence-electron chi connectivity index (χ1n) is 4.37. The van der Waals surface area contributed by atoms with E-state index in [1.165, 1.54) is 0 Å². The number of aromatic nitrogens is 4. The zero-order chi connectivity index (χ0) is 11.5. The van der Waals surface area contributed by atoms with Gasteiger partial charge >= 0.3 is 0 Å². The number of hydrogen-bond acceptors (Lipinski definition) is 6. The van der Waals surface area contributed by atoms with Crippen LogP contribution in [0.25, 0.3) is 0 Å². The summed E-state index contributed by atoms with van der Waals surface area (Å²) in [5.74, 6) is 1.03. The van der Waals surface area contributed by atoms with Crippen LogP contribution in [0.4, 0.5) is 5.82 Å². The highest BCUT2D eigenvalue weighted by Gasteiger charge is 2.07. The molecule has 2 heterocycles. The van der Waals surface area contributed by atoms with E-state index in [0.717, 1.165) is 5.69 Å². The highest BCUT2D eigenvalue weighted by molar-refractivity contribution is 6.32. The molecule has 0 saturated heterocycles. The van der Waals surface area contributed by atoms with Crippen LogP contribution in [0.15, 0.2) is 10.6 Å². The average Bonchev–Trinajstić information content (AvgIpc) is 2.66. The van der Waals surface area contributed by atoms with Crippen LogP contribution in [0.1, 0.15) is 11.5 Å². The number of halogens is 2. The maximum Gasteiger partial charge on any atom is 0.245 e. The fourth-order valence-electron chi connectivity index (χ4n) is 1.08. The van der Waals surface area contributed by atoms with Crippen molar-refractivity contribution in [3.05, 3.63) is 28.0 Å². The van der Waals surface area contributed by atoms with Gasteiger partial charge in [-0.3, -0.25) is 0 Å². The molecular formula is C8H7Cl2N5O. The minimum atomic E-state index is 0.0284. The molecule has 0 aliphatic rings. The van der Waals surface area contributed by atoms with Gasteiger partial charge in [0, 0.05) is 6.07 Å². The summed E-state index contributed by atoms with van der Waals surface area (Å²) < 4.78 is 5.00. The maximum atomic E-state index is 5.76. The van der Waals surface area contributed by atoms with Gasteiger partial charge in [0.25, 0.3) is 0 Å². The van der Waals surface area contributed by atoms with Crippen molar-refractivity contribution in [1.82, 2.24) is 20.3 Å². The van der Waals surface area contributed by atoms with Gasteiger partial charge in [0.2, 0.25) is 5.28 Å². The van der Waals surface area contributed by atoms with Gasteiger partial charge < -0.3 is 9.84 Å². The lowest BCUT2D eigenvalue weighted by molar-refractivity contribution is 0.384. The number of hydrogen-bond donors (Lipinski definition) is 1. The molecule has 0 spiro atoms. The van der Waals surface area contributed by atoms with Crippen LogP contribution in [0, 0.1) is 6.92 Å². The Morgan fingerprint density at radius 2 is 2.19 bits per heavy atom. The van der Waals surface area contributed by atoms with E-state index < -0.39 is 0 Å². The molecule has 0 fully saturated rings. The molecule has 2 aromatic heterocycles. The second kappa shape index (κ2) is 4.63. The van der Waals surface area contributed by atoms with Gasteiger partial charge in [-0.05, 0) is 18.5 Å². The first-order chi connectivity index (χ1) is 7.65. The molecule has 0 aliphatic carbocycles. The molecule has 0 radical (unpaired) electrons. The first kappa shape index (κ1) is 11.1. The largest absolute Gasteiger partial charge is 0.360 e.